The Morgan fingerprint density at radius 3 is 2.43 bits per heavy atom. The van der Waals surface area contributed by atoms with Crippen LogP contribution in [-0.2, 0) is 0 Å². The van der Waals surface area contributed by atoms with Gasteiger partial charge in [-0.3, -0.25) is 4.99 Å². The second-order valence-electron chi connectivity index (χ2n) is 5.44. The fourth-order valence-corrected chi connectivity index (χ4v) is 2.58. The van der Waals surface area contributed by atoms with Gasteiger partial charge in [0.1, 0.15) is 0 Å². The van der Waals surface area contributed by atoms with Crippen molar-refractivity contribution in [1.82, 2.24) is 4.90 Å². The third-order valence-electron chi connectivity index (χ3n) is 3.89. The van der Waals surface area contributed by atoms with Crippen LogP contribution in [0.1, 0.15) is 33.1 Å². The van der Waals surface area contributed by atoms with Crippen LogP contribution < -0.4 is 0 Å². The van der Waals surface area contributed by atoms with E-state index in [-0.39, 0.29) is 0 Å². The molecule has 0 aromatic carbocycles. The third kappa shape index (κ3) is 1.85. The maximum absolute atomic E-state index is 4.74. The van der Waals surface area contributed by atoms with E-state index in [4.69, 9.17) is 4.99 Å². The molecule has 0 bridgehead atoms. The molecule has 0 aromatic rings. The standard InChI is InChI=1S/C12H22N2/c1-10(2)11-8-12(9-13-11)4-6-14(3)7-5-12/h10H,4-9H2,1-3H3. The summed E-state index contributed by atoms with van der Waals surface area (Å²) in [7, 11) is 2.23. The molecular weight excluding hydrogens is 172 g/mol. The van der Waals surface area contributed by atoms with Gasteiger partial charge in [-0.1, -0.05) is 13.8 Å². The van der Waals surface area contributed by atoms with Crippen molar-refractivity contribution in [2.45, 2.75) is 33.1 Å². The summed E-state index contributed by atoms with van der Waals surface area (Å²) in [4.78, 5) is 7.18. The van der Waals surface area contributed by atoms with E-state index >= 15 is 0 Å². The van der Waals surface area contributed by atoms with E-state index in [1.807, 2.05) is 0 Å². The summed E-state index contributed by atoms with van der Waals surface area (Å²) in [6.07, 6.45) is 3.98. The highest BCUT2D eigenvalue weighted by Gasteiger charge is 2.38. The zero-order chi connectivity index (χ0) is 10.2. The second-order valence-corrected chi connectivity index (χ2v) is 5.44. The van der Waals surface area contributed by atoms with Crippen LogP contribution in [-0.4, -0.2) is 37.3 Å². The van der Waals surface area contributed by atoms with Crippen molar-refractivity contribution < 1.29 is 0 Å². The van der Waals surface area contributed by atoms with Gasteiger partial charge in [-0.15, -0.1) is 0 Å². The number of hydrogen-bond donors (Lipinski definition) is 0. The van der Waals surface area contributed by atoms with Crippen LogP contribution >= 0.6 is 0 Å². The van der Waals surface area contributed by atoms with E-state index < -0.39 is 0 Å². The largest absolute Gasteiger partial charge is 0.306 e. The molecule has 80 valence electrons. The molecule has 0 unspecified atom stereocenters. The predicted octanol–water partition coefficient (Wildman–Crippen LogP) is 2.20. The monoisotopic (exact) mass is 194 g/mol. The van der Waals surface area contributed by atoms with Gasteiger partial charge in [-0.05, 0) is 50.7 Å². The third-order valence-corrected chi connectivity index (χ3v) is 3.89. The molecule has 2 nitrogen and oxygen atoms in total. The number of nitrogens with zero attached hydrogens (tertiary/aromatic N) is 2. The summed E-state index contributed by atoms with van der Waals surface area (Å²) in [5.74, 6) is 0.661. The maximum Gasteiger partial charge on any atom is 0.0449 e. The zero-order valence-corrected chi connectivity index (χ0v) is 9.71. The molecule has 2 heteroatoms. The van der Waals surface area contributed by atoms with Gasteiger partial charge in [-0.25, -0.2) is 0 Å². The van der Waals surface area contributed by atoms with Gasteiger partial charge >= 0.3 is 0 Å². The van der Waals surface area contributed by atoms with Crippen molar-refractivity contribution in [2.24, 2.45) is 16.3 Å². The predicted molar refractivity (Wildman–Crippen MR) is 60.9 cm³/mol. The molecule has 0 saturated carbocycles. The molecule has 2 aliphatic rings. The molecule has 0 atom stereocenters. The number of aliphatic imine (C=N–C) groups is 1. The van der Waals surface area contributed by atoms with E-state index in [0.717, 1.165) is 6.54 Å². The fraction of sp³-hybridized carbons (Fsp3) is 0.917. The van der Waals surface area contributed by atoms with Crippen LogP contribution in [0.4, 0.5) is 0 Å². The summed E-state index contributed by atoms with van der Waals surface area (Å²) in [6.45, 7) is 8.18. The lowest BCUT2D eigenvalue weighted by Crippen LogP contribution is -2.38. The molecule has 1 fully saturated rings. The van der Waals surface area contributed by atoms with Crippen molar-refractivity contribution in [3.63, 3.8) is 0 Å². The van der Waals surface area contributed by atoms with Crippen LogP contribution in [0, 0.1) is 11.3 Å². The molecule has 0 aliphatic carbocycles. The van der Waals surface area contributed by atoms with E-state index in [1.54, 1.807) is 0 Å². The fourth-order valence-electron chi connectivity index (χ4n) is 2.58. The average molecular weight is 194 g/mol. The Bertz CT molecular complexity index is 235. The summed E-state index contributed by atoms with van der Waals surface area (Å²) in [6, 6.07) is 0. The van der Waals surface area contributed by atoms with Gasteiger partial charge in [0.25, 0.3) is 0 Å². The Labute approximate surface area is 87.4 Å². The first-order valence-electron chi connectivity index (χ1n) is 5.83. The smallest absolute Gasteiger partial charge is 0.0449 e. The number of piperidine rings is 1. The van der Waals surface area contributed by atoms with E-state index in [1.165, 1.54) is 38.1 Å². The highest BCUT2D eigenvalue weighted by atomic mass is 15.1. The van der Waals surface area contributed by atoms with Crippen molar-refractivity contribution >= 4 is 5.71 Å². The topological polar surface area (TPSA) is 15.6 Å². The average Bonchev–Trinajstić information content (AvgIpc) is 2.56. The summed E-state index contributed by atoms with van der Waals surface area (Å²) >= 11 is 0. The lowest BCUT2D eigenvalue weighted by atomic mass is 9.75. The van der Waals surface area contributed by atoms with Crippen molar-refractivity contribution in [1.29, 1.82) is 0 Å². The van der Waals surface area contributed by atoms with Crippen molar-refractivity contribution in [3.05, 3.63) is 0 Å². The molecular formula is C12H22N2. The zero-order valence-electron chi connectivity index (χ0n) is 9.71. The van der Waals surface area contributed by atoms with Crippen LogP contribution in [0.25, 0.3) is 0 Å². The molecule has 0 amide bonds. The first-order chi connectivity index (χ1) is 6.61. The number of hydrogen-bond acceptors (Lipinski definition) is 2. The number of likely N-dealkylation sites (tertiary alicyclic amines) is 1. The van der Waals surface area contributed by atoms with Gasteiger partial charge in [0.15, 0.2) is 0 Å². The normalized spacial score (nSPS) is 27.3. The molecule has 0 N–H and O–H groups in total. The first-order valence-corrected chi connectivity index (χ1v) is 5.83. The minimum Gasteiger partial charge on any atom is -0.306 e. The minimum atomic E-state index is 0.562. The second kappa shape index (κ2) is 3.65. The summed E-state index contributed by atoms with van der Waals surface area (Å²) < 4.78 is 0. The van der Waals surface area contributed by atoms with Gasteiger partial charge in [0, 0.05) is 12.3 Å². The molecule has 2 rings (SSSR count). The van der Waals surface area contributed by atoms with Crippen LogP contribution in [0.15, 0.2) is 4.99 Å². The van der Waals surface area contributed by atoms with E-state index in [0.29, 0.717) is 11.3 Å². The molecule has 2 aliphatic heterocycles. The van der Waals surface area contributed by atoms with Crippen LogP contribution in [0.3, 0.4) is 0 Å². The van der Waals surface area contributed by atoms with Crippen molar-refractivity contribution in [2.75, 3.05) is 26.7 Å². The Hall–Kier alpha value is -0.370. The van der Waals surface area contributed by atoms with Crippen molar-refractivity contribution in [3.8, 4) is 0 Å². The Kier molecular flexibility index (Phi) is 2.65. The Morgan fingerprint density at radius 2 is 1.93 bits per heavy atom. The lowest BCUT2D eigenvalue weighted by Gasteiger charge is -2.37. The van der Waals surface area contributed by atoms with Gasteiger partial charge in [0.2, 0.25) is 0 Å². The number of rotatable bonds is 1. The SMILES string of the molecule is CC(C)C1=NCC2(CCN(C)CC2)C1. The lowest BCUT2D eigenvalue weighted by molar-refractivity contribution is 0.143. The Balaban J connectivity index is 1.96. The van der Waals surface area contributed by atoms with Gasteiger partial charge < -0.3 is 4.90 Å². The van der Waals surface area contributed by atoms with Crippen LogP contribution in [0.2, 0.25) is 0 Å². The highest BCUT2D eigenvalue weighted by Crippen LogP contribution is 2.40. The van der Waals surface area contributed by atoms with Crippen LogP contribution in [0.5, 0.6) is 0 Å². The quantitative estimate of drug-likeness (QED) is 0.625. The van der Waals surface area contributed by atoms with E-state index in [9.17, 15) is 0 Å². The minimum absolute atomic E-state index is 0.562. The summed E-state index contributed by atoms with van der Waals surface area (Å²) in [5.41, 5.74) is 2.03. The first kappa shape index (κ1) is 10.2. The summed E-state index contributed by atoms with van der Waals surface area (Å²) in [5, 5.41) is 0. The maximum atomic E-state index is 4.74. The molecule has 1 saturated heterocycles. The molecule has 0 aromatic heterocycles. The highest BCUT2D eigenvalue weighted by molar-refractivity contribution is 5.88. The van der Waals surface area contributed by atoms with Gasteiger partial charge in [-0.2, -0.15) is 0 Å². The Morgan fingerprint density at radius 1 is 1.29 bits per heavy atom. The molecule has 14 heavy (non-hydrogen) atoms. The van der Waals surface area contributed by atoms with Gasteiger partial charge in [0.05, 0.1) is 0 Å². The molecule has 1 spiro atoms. The molecule has 2 heterocycles. The van der Waals surface area contributed by atoms with E-state index in [2.05, 4.69) is 25.8 Å². The molecule has 0 radical (unpaired) electrons.